The maximum Gasteiger partial charge on any atom is 0.322 e. The Kier molecular flexibility index (Phi) is 7.30. The number of aliphatic carboxylic acids is 1. The van der Waals surface area contributed by atoms with Crippen molar-refractivity contribution in [1.82, 2.24) is 14.6 Å². The molecule has 30 heavy (non-hydrogen) atoms. The van der Waals surface area contributed by atoms with Gasteiger partial charge in [-0.15, -0.1) is 0 Å². The fourth-order valence-corrected chi connectivity index (χ4v) is 5.12. The minimum Gasteiger partial charge on any atom is -0.480 e. The molecule has 3 N–H and O–H groups in total. The van der Waals surface area contributed by atoms with Crippen LogP contribution in [0.4, 0.5) is 5.82 Å². The molecule has 9 nitrogen and oxygen atoms in total. The number of anilines is 1. The first kappa shape index (κ1) is 22.5. The van der Waals surface area contributed by atoms with Gasteiger partial charge in [0.2, 0.25) is 15.9 Å². The van der Waals surface area contributed by atoms with Crippen molar-refractivity contribution in [3.05, 3.63) is 23.4 Å². The highest BCUT2D eigenvalue weighted by atomic mass is 32.2. The molecule has 1 atom stereocenters. The number of nitrogens with one attached hydrogen (secondary N) is 2. The number of amides is 1. The first-order valence-electron chi connectivity index (χ1n) is 10.5. The summed E-state index contributed by atoms with van der Waals surface area (Å²) < 4.78 is 25.8. The number of sulfonamides is 1. The Labute approximate surface area is 177 Å². The molecular weight excluding hydrogens is 408 g/mol. The van der Waals surface area contributed by atoms with Gasteiger partial charge in [-0.1, -0.05) is 13.0 Å². The Balaban J connectivity index is 1.44. The molecule has 1 aromatic rings. The van der Waals surface area contributed by atoms with E-state index < -0.39 is 22.0 Å². The quantitative estimate of drug-likeness (QED) is 0.497. The molecule has 1 aromatic heterocycles. The van der Waals surface area contributed by atoms with Crippen LogP contribution in [0.2, 0.25) is 0 Å². The zero-order valence-electron chi connectivity index (χ0n) is 17.3. The molecule has 2 aliphatic heterocycles. The van der Waals surface area contributed by atoms with Gasteiger partial charge in [0.15, 0.2) is 0 Å². The van der Waals surface area contributed by atoms with Crippen LogP contribution in [0.5, 0.6) is 0 Å². The lowest BCUT2D eigenvalue weighted by Gasteiger charge is -2.40. The Morgan fingerprint density at radius 1 is 1.37 bits per heavy atom. The summed E-state index contributed by atoms with van der Waals surface area (Å²) >= 11 is 0. The molecular formula is C20H30N4O5S. The highest BCUT2D eigenvalue weighted by molar-refractivity contribution is 7.89. The lowest BCUT2D eigenvalue weighted by atomic mass is 9.93. The number of nitrogens with zero attached hydrogens (tertiary/aromatic N) is 2. The van der Waals surface area contributed by atoms with Crippen molar-refractivity contribution in [2.75, 3.05) is 30.7 Å². The summed E-state index contributed by atoms with van der Waals surface area (Å²) in [4.78, 5) is 30.0. The molecule has 166 valence electrons. The average molecular weight is 439 g/mol. The van der Waals surface area contributed by atoms with Crippen molar-refractivity contribution < 1.29 is 23.1 Å². The molecule has 3 heterocycles. The Bertz CT molecular complexity index is 883. The van der Waals surface area contributed by atoms with Crippen LogP contribution < -0.4 is 10.0 Å². The normalized spacial score (nSPS) is 17.6. The molecule has 0 aromatic carbocycles. The summed E-state index contributed by atoms with van der Waals surface area (Å²) in [6.45, 7) is 3.78. The lowest BCUT2D eigenvalue weighted by Crippen LogP contribution is -2.53. The maximum absolute atomic E-state index is 12.4. The largest absolute Gasteiger partial charge is 0.480 e. The smallest absolute Gasteiger partial charge is 0.322 e. The van der Waals surface area contributed by atoms with Crippen LogP contribution in [0.1, 0.15) is 43.9 Å². The molecule has 0 radical (unpaired) electrons. The molecule has 2 aliphatic rings. The average Bonchev–Trinajstić information content (AvgIpc) is 2.65. The minimum atomic E-state index is -3.71. The van der Waals surface area contributed by atoms with Crippen LogP contribution in [0.15, 0.2) is 12.1 Å². The lowest BCUT2D eigenvalue weighted by molar-refractivity contribution is -0.145. The Morgan fingerprint density at radius 2 is 2.13 bits per heavy atom. The van der Waals surface area contributed by atoms with Gasteiger partial charge in [-0.2, -0.15) is 0 Å². The second-order valence-corrected chi connectivity index (χ2v) is 9.95. The number of rotatable bonds is 10. The summed E-state index contributed by atoms with van der Waals surface area (Å²) in [6, 6.07) is 2.76. The molecule has 0 aliphatic carbocycles. The van der Waals surface area contributed by atoms with Crippen LogP contribution in [-0.2, 0) is 32.5 Å². The van der Waals surface area contributed by atoms with Crippen molar-refractivity contribution in [1.29, 1.82) is 0 Å². The fraction of sp³-hybridized carbons (Fsp3) is 0.650. The van der Waals surface area contributed by atoms with Gasteiger partial charge in [-0.05, 0) is 49.7 Å². The van der Waals surface area contributed by atoms with E-state index in [0.717, 1.165) is 43.7 Å². The second kappa shape index (κ2) is 9.74. The van der Waals surface area contributed by atoms with Gasteiger partial charge in [-0.3, -0.25) is 9.59 Å². The number of hydrogen-bond acceptors (Lipinski definition) is 6. The molecule has 3 rings (SSSR count). The maximum atomic E-state index is 12.4. The van der Waals surface area contributed by atoms with E-state index in [1.165, 1.54) is 5.56 Å². The van der Waals surface area contributed by atoms with Crippen LogP contribution in [0.3, 0.4) is 0 Å². The van der Waals surface area contributed by atoms with Gasteiger partial charge < -0.3 is 15.3 Å². The number of pyridine rings is 1. The zero-order valence-corrected chi connectivity index (χ0v) is 18.1. The number of hydrogen-bond donors (Lipinski definition) is 3. The van der Waals surface area contributed by atoms with Crippen LogP contribution in [-0.4, -0.2) is 66.7 Å². The van der Waals surface area contributed by atoms with Gasteiger partial charge in [0.05, 0.1) is 12.2 Å². The van der Waals surface area contributed by atoms with Crippen molar-refractivity contribution in [3.63, 3.8) is 0 Å². The van der Waals surface area contributed by atoms with Crippen molar-refractivity contribution in [3.8, 4) is 0 Å². The minimum absolute atomic E-state index is 0.164. The third kappa shape index (κ3) is 5.91. The van der Waals surface area contributed by atoms with Gasteiger partial charge in [-0.25, -0.2) is 18.1 Å². The molecule has 1 amide bonds. The number of carbonyl (C=O) groups is 2. The van der Waals surface area contributed by atoms with E-state index >= 15 is 0 Å². The van der Waals surface area contributed by atoms with E-state index in [-0.39, 0.29) is 18.1 Å². The number of aryl methyl sites for hydroxylation is 2. The van der Waals surface area contributed by atoms with E-state index in [0.29, 0.717) is 25.4 Å². The second-order valence-electron chi connectivity index (χ2n) is 8.08. The molecule has 0 spiro atoms. The van der Waals surface area contributed by atoms with Crippen LogP contribution >= 0.6 is 0 Å². The number of fused-ring (bicyclic) bond motifs is 1. The fourth-order valence-electron chi connectivity index (χ4n) is 3.84. The van der Waals surface area contributed by atoms with E-state index in [1.54, 1.807) is 11.8 Å². The predicted molar refractivity (Wildman–Crippen MR) is 113 cm³/mol. The molecule has 10 heteroatoms. The van der Waals surface area contributed by atoms with E-state index in [4.69, 9.17) is 0 Å². The summed E-state index contributed by atoms with van der Waals surface area (Å²) in [6.07, 6.45) is 3.92. The standard InChI is InChI=1S/C20H30N4O5S/c1-2-10-30(28,29)23-17(20(26)27)11-18(25)24-12-14(13-24)5-7-16-8-6-15-4-3-9-21-19(15)22-16/h6,8,14,17,23H,2-5,7,9-13H2,1H3,(H,21,22)(H,26,27). The Hall–Kier alpha value is -2.20. The highest BCUT2D eigenvalue weighted by Gasteiger charge is 2.34. The van der Waals surface area contributed by atoms with Crippen molar-refractivity contribution >= 4 is 27.7 Å². The van der Waals surface area contributed by atoms with E-state index in [1.807, 2.05) is 0 Å². The number of carbonyl (C=O) groups excluding carboxylic acids is 1. The Morgan fingerprint density at radius 3 is 2.83 bits per heavy atom. The molecule has 1 saturated heterocycles. The third-order valence-electron chi connectivity index (χ3n) is 5.54. The van der Waals surface area contributed by atoms with E-state index in [9.17, 15) is 23.1 Å². The van der Waals surface area contributed by atoms with Gasteiger partial charge in [0.1, 0.15) is 11.9 Å². The first-order valence-corrected chi connectivity index (χ1v) is 12.2. The zero-order chi connectivity index (χ0) is 21.7. The third-order valence-corrected chi connectivity index (χ3v) is 7.13. The van der Waals surface area contributed by atoms with E-state index in [2.05, 4.69) is 27.2 Å². The molecule has 1 fully saturated rings. The van der Waals surface area contributed by atoms with Gasteiger partial charge >= 0.3 is 5.97 Å². The van der Waals surface area contributed by atoms with Crippen LogP contribution in [0, 0.1) is 5.92 Å². The molecule has 1 unspecified atom stereocenters. The number of likely N-dealkylation sites (tertiary alicyclic amines) is 1. The van der Waals surface area contributed by atoms with Crippen molar-refractivity contribution in [2.24, 2.45) is 5.92 Å². The summed E-state index contributed by atoms with van der Waals surface area (Å²) in [7, 11) is -3.71. The number of carboxylic acid groups (broad SMARTS) is 1. The SMILES string of the molecule is CCCS(=O)(=O)NC(CC(=O)N1CC(CCc2ccc3c(n2)NCCC3)C1)C(=O)O. The molecule has 0 saturated carbocycles. The number of aromatic nitrogens is 1. The topological polar surface area (TPSA) is 129 Å². The van der Waals surface area contributed by atoms with Crippen molar-refractivity contribution in [2.45, 2.75) is 51.5 Å². The molecule has 0 bridgehead atoms. The van der Waals surface area contributed by atoms with Gasteiger partial charge in [0, 0.05) is 25.3 Å². The monoisotopic (exact) mass is 438 g/mol. The first-order chi connectivity index (χ1) is 14.3. The summed E-state index contributed by atoms with van der Waals surface area (Å²) in [5.74, 6) is -0.515. The van der Waals surface area contributed by atoms with Crippen LogP contribution in [0.25, 0.3) is 0 Å². The summed E-state index contributed by atoms with van der Waals surface area (Å²) in [5, 5.41) is 12.6. The summed E-state index contributed by atoms with van der Waals surface area (Å²) in [5.41, 5.74) is 2.29. The van der Waals surface area contributed by atoms with Gasteiger partial charge in [0.25, 0.3) is 0 Å². The number of carboxylic acids is 1. The predicted octanol–water partition coefficient (Wildman–Crippen LogP) is 1.00. The highest BCUT2D eigenvalue weighted by Crippen LogP contribution is 2.24.